The molecule has 6 N–H and O–H groups in total. The lowest BCUT2D eigenvalue weighted by molar-refractivity contribution is -0.172. The summed E-state index contributed by atoms with van der Waals surface area (Å²) in [5.41, 5.74) is -0.566. The second kappa shape index (κ2) is 26.6. The molecule has 7 amide bonds. The van der Waals surface area contributed by atoms with E-state index in [4.69, 9.17) is 28.7 Å². The Balaban J connectivity index is 0.728. The quantitative estimate of drug-likeness (QED) is 0.0153. The van der Waals surface area contributed by atoms with E-state index in [-0.39, 0.29) is 128 Å². The number of benzene rings is 2. The smallest absolute Gasteiger partial charge is 0.343 e. The molecule has 0 spiro atoms. The van der Waals surface area contributed by atoms with Crippen LogP contribution in [0.25, 0.3) is 22.3 Å². The lowest BCUT2D eigenvalue weighted by Crippen LogP contribution is -2.61. The van der Waals surface area contributed by atoms with Crippen molar-refractivity contribution in [3.05, 3.63) is 110 Å². The van der Waals surface area contributed by atoms with Crippen LogP contribution in [0.15, 0.2) is 65.5 Å². The fourth-order valence-corrected chi connectivity index (χ4v) is 9.70. The highest BCUT2D eigenvalue weighted by molar-refractivity contribution is 6.12. The summed E-state index contributed by atoms with van der Waals surface area (Å²) >= 11 is 0. The maximum absolute atomic E-state index is 16.0. The molecule has 1 fully saturated rings. The van der Waals surface area contributed by atoms with E-state index in [0.717, 1.165) is 4.90 Å². The third-order valence-corrected chi connectivity index (χ3v) is 14.0. The number of esters is 1. The molecule has 0 unspecified atom stereocenters. The van der Waals surface area contributed by atoms with Gasteiger partial charge in [0.25, 0.3) is 17.4 Å². The number of fused-ring (bicyclic) bond motifs is 5. The molecule has 2 aromatic heterocycles. The second-order valence-electron chi connectivity index (χ2n) is 19.9. The van der Waals surface area contributed by atoms with E-state index < -0.39 is 90.6 Å². The van der Waals surface area contributed by atoms with Gasteiger partial charge in [-0.15, -0.1) is 0 Å². The van der Waals surface area contributed by atoms with Gasteiger partial charge in [0.1, 0.15) is 25.2 Å². The van der Waals surface area contributed by atoms with Crippen LogP contribution in [0.1, 0.15) is 53.1 Å². The third-order valence-electron chi connectivity index (χ3n) is 14.0. The van der Waals surface area contributed by atoms with Crippen LogP contribution in [-0.4, -0.2) is 176 Å². The fraction of sp³-hybridized carbons (Fsp3) is 0.455. The summed E-state index contributed by atoms with van der Waals surface area (Å²) < 4.78 is 59.3. The number of aromatic nitrogens is 2. The summed E-state index contributed by atoms with van der Waals surface area (Å²) in [6.45, 7) is 2.07. The van der Waals surface area contributed by atoms with Gasteiger partial charge in [0.15, 0.2) is 11.3 Å². The van der Waals surface area contributed by atoms with E-state index >= 15 is 4.39 Å². The van der Waals surface area contributed by atoms with Crippen molar-refractivity contribution in [2.45, 2.75) is 70.1 Å². The van der Waals surface area contributed by atoms with Crippen LogP contribution in [0.4, 0.5) is 8.78 Å². The van der Waals surface area contributed by atoms with Crippen LogP contribution < -0.4 is 32.1 Å². The molecule has 26 heteroatoms. The Morgan fingerprint density at radius 1 is 0.802 bits per heavy atom. The van der Waals surface area contributed by atoms with Crippen molar-refractivity contribution in [2.75, 3.05) is 92.2 Å². The molecule has 4 aromatic rings. The SMILES string of the molecule is CC[C@@]1(O)C(=O)OCc2c1cc1n(c2=O)Cc2c-1nc1cc(F)c(C)cc1c2CN1CC(F)(COCNC(=O)CNC(=O)[C@H](Cc2ccccc2)NC(=O)CNC(=O)CNC(=O)CCOCCOCCOCCN2C(=O)C=CC2=O)C1. The molecule has 8 rings (SSSR count). The van der Waals surface area contributed by atoms with Gasteiger partial charge < -0.3 is 59.9 Å². The summed E-state index contributed by atoms with van der Waals surface area (Å²) in [5, 5.41) is 24.3. The van der Waals surface area contributed by atoms with Crippen molar-refractivity contribution in [3.63, 3.8) is 0 Å². The number of aliphatic hydroxyl groups is 1. The van der Waals surface area contributed by atoms with Crippen molar-refractivity contribution in [2.24, 2.45) is 0 Å². The minimum atomic E-state index is -2.04. The first kappa shape index (κ1) is 59.2. The van der Waals surface area contributed by atoms with Crippen LogP contribution in [0.3, 0.4) is 0 Å². The van der Waals surface area contributed by atoms with E-state index in [9.17, 15) is 52.6 Å². The second-order valence-corrected chi connectivity index (χ2v) is 19.9. The van der Waals surface area contributed by atoms with E-state index in [1.54, 1.807) is 56.3 Å². The summed E-state index contributed by atoms with van der Waals surface area (Å²) in [7, 11) is 0. The number of cyclic esters (lactones) is 1. The summed E-state index contributed by atoms with van der Waals surface area (Å²) in [6.07, 6.45) is 2.34. The van der Waals surface area contributed by atoms with Crippen LogP contribution in [0.5, 0.6) is 0 Å². The summed E-state index contributed by atoms with van der Waals surface area (Å²) in [4.78, 5) is 121. The number of likely N-dealkylation sites (tertiary alicyclic amines) is 1. The van der Waals surface area contributed by atoms with Gasteiger partial charge in [-0.3, -0.25) is 48.2 Å². The molecule has 1 saturated heterocycles. The Morgan fingerprint density at radius 3 is 2.17 bits per heavy atom. The molecular weight excluding hydrogens is 1060 g/mol. The molecule has 81 heavy (non-hydrogen) atoms. The van der Waals surface area contributed by atoms with Crippen molar-refractivity contribution in [3.8, 4) is 11.4 Å². The minimum absolute atomic E-state index is 0.0351. The molecule has 0 bridgehead atoms. The van der Waals surface area contributed by atoms with Gasteiger partial charge in [0.2, 0.25) is 29.5 Å². The average molecular weight is 1130 g/mol. The molecule has 0 radical (unpaired) electrons. The Labute approximate surface area is 462 Å². The van der Waals surface area contributed by atoms with Crippen LogP contribution in [-0.2, 0) is 93.8 Å². The number of halogens is 2. The minimum Gasteiger partial charge on any atom is -0.458 e. The van der Waals surface area contributed by atoms with Gasteiger partial charge in [-0.1, -0.05) is 37.3 Å². The fourth-order valence-electron chi connectivity index (χ4n) is 9.70. The predicted octanol–water partition coefficient (Wildman–Crippen LogP) is -0.418. The zero-order valence-electron chi connectivity index (χ0n) is 44.7. The van der Waals surface area contributed by atoms with E-state index in [2.05, 4.69) is 26.6 Å². The number of hydrogen-bond acceptors (Lipinski definition) is 17. The van der Waals surface area contributed by atoms with Crippen molar-refractivity contribution in [1.29, 1.82) is 0 Å². The zero-order chi connectivity index (χ0) is 57.8. The highest BCUT2D eigenvalue weighted by Gasteiger charge is 2.47. The molecule has 432 valence electrons. The number of pyridine rings is 2. The van der Waals surface area contributed by atoms with Gasteiger partial charge in [-0.05, 0) is 42.2 Å². The number of imide groups is 1. The Hall–Kier alpha value is -7.88. The standard InChI is InChI=1S/C55H63F2N9O15/c1-3-55(76)39-21-43-50-37(27-66(43)52(74)38(39)28-81-53(55)75)36(35-19-33(2)40(56)22-41(35)63-50)26-64-29-54(57,30-64)31-80-32-61-46(69)24-60-51(73)42(20-34-7-5-4-6-8-34)62-47(70)25-59-45(68)23-58-44(67)11-13-77-15-17-79-18-16-78-14-12-65-48(71)9-10-49(65)72/h4-10,19,21-22,42,76H,3,11-18,20,23-32H2,1-2H3,(H,58,67)(H,59,68)(H,60,73)(H,61,69)(H,62,70)/t42-,55-/m0/s1. The molecular formula is C55H63F2N9O15. The Kier molecular flexibility index (Phi) is 19.5. The maximum atomic E-state index is 16.0. The zero-order valence-corrected chi connectivity index (χ0v) is 44.7. The van der Waals surface area contributed by atoms with E-state index in [0.29, 0.717) is 44.5 Å². The number of carbonyl (C=O) groups is 8. The largest absolute Gasteiger partial charge is 0.458 e. The normalized spacial score (nSPS) is 17.2. The number of nitrogens with one attached hydrogen (secondary N) is 5. The van der Waals surface area contributed by atoms with Gasteiger partial charge in [-0.2, -0.15) is 0 Å². The first-order chi connectivity index (χ1) is 38.9. The summed E-state index contributed by atoms with van der Waals surface area (Å²) in [5.74, 6) is -5.37. The van der Waals surface area contributed by atoms with E-state index in [1.165, 1.54) is 22.8 Å². The Bertz CT molecular complexity index is 3150. The van der Waals surface area contributed by atoms with E-state index in [1.807, 2.05) is 4.90 Å². The highest BCUT2D eigenvalue weighted by Crippen LogP contribution is 2.41. The number of rotatable bonds is 29. The molecule has 24 nitrogen and oxygen atoms in total. The van der Waals surface area contributed by atoms with Crippen molar-refractivity contribution < 1.29 is 75.9 Å². The monoisotopic (exact) mass is 1130 g/mol. The average Bonchev–Trinajstić information content (AvgIpc) is 2.72. The molecule has 2 atom stereocenters. The van der Waals surface area contributed by atoms with Crippen LogP contribution in [0.2, 0.25) is 0 Å². The first-order valence-corrected chi connectivity index (χ1v) is 26.3. The number of amides is 7. The summed E-state index contributed by atoms with van der Waals surface area (Å²) in [6, 6.07) is 12.1. The highest BCUT2D eigenvalue weighted by atomic mass is 19.1. The molecule has 6 heterocycles. The lowest BCUT2D eigenvalue weighted by Gasteiger charge is -2.44. The first-order valence-electron chi connectivity index (χ1n) is 26.3. The van der Waals surface area contributed by atoms with Gasteiger partial charge in [0.05, 0.1) is 101 Å². The Morgan fingerprint density at radius 2 is 1.46 bits per heavy atom. The van der Waals surface area contributed by atoms with Crippen LogP contribution >= 0.6 is 0 Å². The molecule has 0 aliphatic carbocycles. The topological polar surface area (TPSA) is 304 Å². The predicted molar refractivity (Wildman–Crippen MR) is 281 cm³/mol. The third kappa shape index (κ3) is 14.5. The number of ether oxygens (including phenoxy) is 5. The van der Waals surface area contributed by atoms with Gasteiger partial charge in [0, 0.05) is 67.2 Å². The number of aryl methyl sites for hydroxylation is 1. The number of alkyl halides is 1. The molecule has 4 aliphatic heterocycles. The van der Waals surface area contributed by atoms with Crippen molar-refractivity contribution >= 4 is 58.2 Å². The number of nitrogens with zero attached hydrogens (tertiary/aromatic N) is 4. The molecule has 0 saturated carbocycles. The van der Waals surface area contributed by atoms with Crippen molar-refractivity contribution in [1.82, 2.24) is 45.9 Å². The molecule has 4 aliphatic rings. The maximum Gasteiger partial charge on any atom is 0.343 e. The van der Waals surface area contributed by atoms with Gasteiger partial charge >= 0.3 is 5.97 Å². The molecule has 2 aromatic carbocycles. The lowest BCUT2D eigenvalue weighted by atomic mass is 9.86. The van der Waals surface area contributed by atoms with Crippen LogP contribution in [0, 0.1) is 12.7 Å². The number of hydrogen-bond donors (Lipinski definition) is 6. The number of carbonyl (C=O) groups excluding carboxylic acids is 8. The van der Waals surface area contributed by atoms with Gasteiger partial charge in [-0.25, -0.2) is 18.6 Å².